The minimum absolute atomic E-state index is 0.509. The molecule has 0 saturated carbocycles. The Labute approximate surface area is 125 Å². The Morgan fingerprint density at radius 1 is 1.35 bits per heavy atom. The van der Waals surface area contributed by atoms with E-state index in [9.17, 15) is 4.79 Å². The monoisotopic (exact) mass is 335 g/mol. The molecule has 0 radical (unpaired) electrons. The summed E-state index contributed by atoms with van der Waals surface area (Å²) in [4.78, 5) is 15.9. The fourth-order valence-electron chi connectivity index (χ4n) is 1.77. The molecule has 0 aliphatic heterocycles. The van der Waals surface area contributed by atoms with Gasteiger partial charge in [0.25, 0.3) is 0 Å². The number of nitrogens with two attached hydrogens (primary N) is 1. The Morgan fingerprint density at radius 3 is 2.70 bits per heavy atom. The molecular weight excluding hydrogens is 322 g/mol. The first kappa shape index (κ1) is 14.3. The van der Waals surface area contributed by atoms with Gasteiger partial charge in [-0.2, -0.15) is 0 Å². The Bertz CT molecular complexity index is 602. The molecule has 1 unspecified atom stereocenters. The minimum atomic E-state index is -0.723. The number of hydrogen-bond donors (Lipinski definition) is 2. The maximum Gasteiger partial charge on any atom is 0.246 e. The van der Waals surface area contributed by atoms with Crippen LogP contribution in [0, 0.1) is 0 Å². The summed E-state index contributed by atoms with van der Waals surface area (Å²) in [6.07, 6.45) is 1.62. The Balaban J connectivity index is 2.30. The number of methoxy groups -OCH3 is 1. The summed E-state index contributed by atoms with van der Waals surface area (Å²) in [7, 11) is 1.57. The summed E-state index contributed by atoms with van der Waals surface area (Å²) in [5, 5.41) is 3.06. The van der Waals surface area contributed by atoms with E-state index >= 15 is 0 Å². The van der Waals surface area contributed by atoms with Gasteiger partial charge < -0.3 is 15.8 Å². The molecule has 3 N–H and O–H groups in total. The molecule has 1 atom stereocenters. The number of carbonyl (C=O) groups excluding carboxylic acids is 1. The van der Waals surface area contributed by atoms with Crippen molar-refractivity contribution in [2.24, 2.45) is 5.73 Å². The number of pyridine rings is 1. The van der Waals surface area contributed by atoms with Crippen molar-refractivity contribution < 1.29 is 9.53 Å². The Kier molecular flexibility index (Phi) is 4.57. The van der Waals surface area contributed by atoms with Crippen molar-refractivity contribution in [3.8, 4) is 5.75 Å². The SMILES string of the molecule is COc1ccccc1NC(C(N)=O)c1ccc(Br)cn1. The molecule has 0 spiro atoms. The molecule has 2 rings (SSSR count). The first-order valence-corrected chi connectivity index (χ1v) is 6.71. The van der Waals surface area contributed by atoms with Gasteiger partial charge in [0.1, 0.15) is 11.8 Å². The van der Waals surface area contributed by atoms with Crippen LogP contribution in [0.4, 0.5) is 5.69 Å². The summed E-state index contributed by atoms with van der Waals surface area (Å²) in [6, 6.07) is 10.1. The summed E-state index contributed by atoms with van der Waals surface area (Å²) >= 11 is 3.30. The lowest BCUT2D eigenvalue weighted by Gasteiger charge is -2.18. The molecule has 0 aliphatic rings. The smallest absolute Gasteiger partial charge is 0.246 e. The van der Waals surface area contributed by atoms with Crippen molar-refractivity contribution in [1.29, 1.82) is 0 Å². The van der Waals surface area contributed by atoms with E-state index in [4.69, 9.17) is 10.5 Å². The zero-order chi connectivity index (χ0) is 14.5. The molecule has 1 amide bonds. The van der Waals surface area contributed by atoms with Crippen molar-refractivity contribution in [3.63, 3.8) is 0 Å². The average molecular weight is 336 g/mol. The standard InChI is InChI=1S/C14H14BrN3O2/c1-20-12-5-3-2-4-10(12)18-13(14(16)19)11-7-6-9(15)8-17-11/h2-8,13,18H,1H3,(H2,16,19). The molecule has 20 heavy (non-hydrogen) atoms. The maximum atomic E-state index is 11.7. The molecule has 104 valence electrons. The summed E-state index contributed by atoms with van der Waals surface area (Å²) < 4.78 is 6.07. The molecule has 1 aromatic carbocycles. The van der Waals surface area contributed by atoms with Gasteiger partial charge >= 0.3 is 0 Å². The predicted octanol–water partition coefficient (Wildman–Crippen LogP) is 2.49. The van der Waals surface area contributed by atoms with Crippen molar-refractivity contribution in [2.45, 2.75) is 6.04 Å². The van der Waals surface area contributed by atoms with E-state index in [1.807, 2.05) is 24.3 Å². The number of anilines is 1. The highest BCUT2D eigenvalue weighted by Gasteiger charge is 2.20. The average Bonchev–Trinajstić information content (AvgIpc) is 2.46. The Hall–Kier alpha value is -2.08. The van der Waals surface area contributed by atoms with Crippen LogP contribution in [0.3, 0.4) is 0 Å². The van der Waals surface area contributed by atoms with Gasteiger partial charge in [0.2, 0.25) is 5.91 Å². The van der Waals surface area contributed by atoms with Gasteiger partial charge in [-0.05, 0) is 40.2 Å². The van der Waals surface area contributed by atoms with Crippen molar-refractivity contribution in [2.75, 3.05) is 12.4 Å². The number of aromatic nitrogens is 1. The van der Waals surface area contributed by atoms with Crippen molar-refractivity contribution in [1.82, 2.24) is 4.98 Å². The highest BCUT2D eigenvalue weighted by molar-refractivity contribution is 9.10. The molecule has 2 aromatic rings. The molecule has 6 heteroatoms. The zero-order valence-electron chi connectivity index (χ0n) is 10.8. The number of benzene rings is 1. The van der Waals surface area contributed by atoms with Gasteiger partial charge in [-0.15, -0.1) is 0 Å². The van der Waals surface area contributed by atoms with E-state index in [2.05, 4.69) is 26.2 Å². The van der Waals surface area contributed by atoms with E-state index in [-0.39, 0.29) is 0 Å². The number of carbonyl (C=O) groups is 1. The van der Waals surface area contributed by atoms with Crippen LogP contribution < -0.4 is 15.8 Å². The Morgan fingerprint density at radius 2 is 2.10 bits per heavy atom. The van der Waals surface area contributed by atoms with E-state index in [1.54, 1.807) is 25.4 Å². The number of nitrogens with zero attached hydrogens (tertiary/aromatic N) is 1. The van der Waals surface area contributed by atoms with Gasteiger partial charge in [-0.3, -0.25) is 9.78 Å². The molecule has 0 aliphatic carbocycles. The molecule has 1 aromatic heterocycles. The first-order chi connectivity index (χ1) is 9.61. The predicted molar refractivity (Wildman–Crippen MR) is 80.5 cm³/mol. The van der Waals surface area contributed by atoms with Crippen LogP contribution in [0.5, 0.6) is 5.75 Å². The highest BCUT2D eigenvalue weighted by atomic mass is 79.9. The number of rotatable bonds is 5. The third-order valence-corrected chi connectivity index (χ3v) is 3.21. The minimum Gasteiger partial charge on any atom is -0.495 e. The fraction of sp³-hybridized carbons (Fsp3) is 0.143. The second-order valence-electron chi connectivity index (χ2n) is 4.08. The zero-order valence-corrected chi connectivity index (χ0v) is 12.4. The van der Waals surface area contributed by atoms with Crippen LogP contribution in [0.15, 0.2) is 47.1 Å². The van der Waals surface area contributed by atoms with Gasteiger partial charge in [-0.1, -0.05) is 12.1 Å². The maximum absolute atomic E-state index is 11.7. The van der Waals surface area contributed by atoms with E-state index in [0.29, 0.717) is 17.1 Å². The summed E-state index contributed by atoms with van der Waals surface area (Å²) in [5.41, 5.74) is 6.68. The lowest BCUT2D eigenvalue weighted by atomic mass is 10.1. The molecule has 5 nitrogen and oxygen atoms in total. The fourth-order valence-corrected chi connectivity index (χ4v) is 2.00. The number of ether oxygens (including phenoxy) is 1. The van der Waals surface area contributed by atoms with E-state index in [0.717, 1.165) is 4.47 Å². The summed E-state index contributed by atoms with van der Waals surface area (Å²) in [6.45, 7) is 0. The number of amides is 1. The number of halogens is 1. The van der Waals surface area contributed by atoms with Gasteiger partial charge in [0.15, 0.2) is 0 Å². The quantitative estimate of drug-likeness (QED) is 0.879. The molecule has 0 fully saturated rings. The van der Waals surface area contributed by atoms with Gasteiger partial charge in [0.05, 0.1) is 18.5 Å². The lowest BCUT2D eigenvalue weighted by Crippen LogP contribution is -2.28. The van der Waals surface area contributed by atoms with Crippen LogP contribution in [-0.4, -0.2) is 18.0 Å². The van der Waals surface area contributed by atoms with Crippen LogP contribution >= 0.6 is 15.9 Å². The number of para-hydroxylation sites is 2. The van der Waals surface area contributed by atoms with E-state index in [1.165, 1.54) is 0 Å². The number of nitrogens with one attached hydrogen (secondary N) is 1. The highest BCUT2D eigenvalue weighted by Crippen LogP contribution is 2.27. The van der Waals surface area contributed by atoms with E-state index < -0.39 is 11.9 Å². The van der Waals surface area contributed by atoms with Crippen molar-refractivity contribution >= 4 is 27.5 Å². The topological polar surface area (TPSA) is 77.2 Å². The van der Waals surface area contributed by atoms with Crippen LogP contribution in [0.25, 0.3) is 0 Å². The molecule has 0 saturated heterocycles. The van der Waals surface area contributed by atoms with Crippen LogP contribution in [0.1, 0.15) is 11.7 Å². The molecule has 1 heterocycles. The molecule has 0 bridgehead atoms. The molecular formula is C14H14BrN3O2. The largest absolute Gasteiger partial charge is 0.495 e. The first-order valence-electron chi connectivity index (χ1n) is 5.92. The van der Waals surface area contributed by atoms with Crippen molar-refractivity contribution in [3.05, 3.63) is 52.8 Å². The second-order valence-corrected chi connectivity index (χ2v) is 5.00. The normalized spacial score (nSPS) is 11.7. The van der Waals surface area contributed by atoms with Gasteiger partial charge in [0, 0.05) is 10.7 Å². The van der Waals surface area contributed by atoms with Crippen LogP contribution in [0.2, 0.25) is 0 Å². The number of hydrogen-bond acceptors (Lipinski definition) is 4. The third kappa shape index (κ3) is 3.27. The second kappa shape index (κ2) is 6.38. The summed E-state index contributed by atoms with van der Waals surface area (Å²) in [5.74, 6) is 0.126. The number of primary amides is 1. The third-order valence-electron chi connectivity index (χ3n) is 2.74. The lowest BCUT2D eigenvalue weighted by molar-refractivity contribution is -0.118. The van der Waals surface area contributed by atoms with Gasteiger partial charge in [-0.25, -0.2) is 0 Å². The van der Waals surface area contributed by atoms with Crippen LogP contribution in [-0.2, 0) is 4.79 Å².